The number of hydrogen-bond donors (Lipinski definition) is 2. The highest BCUT2D eigenvalue weighted by Crippen LogP contribution is 2.40. The van der Waals surface area contributed by atoms with Crippen LogP contribution in [-0.4, -0.2) is 35.4 Å². The van der Waals surface area contributed by atoms with Crippen molar-refractivity contribution in [1.82, 2.24) is 0 Å². The predicted octanol–water partition coefficient (Wildman–Crippen LogP) is 10.7. The van der Waals surface area contributed by atoms with Crippen LogP contribution in [0.3, 0.4) is 0 Å². The van der Waals surface area contributed by atoms with Crippen LogP contribution >= 0.6 is 0 Å². The highest BCUT2D eigenvalue weighted by atomic mass is 16.5. The van der Waals surface area contributed by atoms with Crippen LogP contribution in [-0.2, 0) is 42.7 Å². The van der Waals surface area contributed by atoms with Gasteiger partial charge in [-0.05, 0) is 70.6 Å². The van der Waals surface area contributed by atoms with Gasteiger partial charge >= 0.3 is 11.9 Å². The van der Waals surface area contributed by atoms with Crippen molar-refractivity contribution in [1.29, 1.82) is 0 Å². The zero-order chi connectivity index (χ0) is 36.1. The molecule has 0 atom stereocenters. The van der Waals surface area contributed by atoms with Gasteiger partial charge in [0, 0.05) is 11.1 Å². The van der Waals surface area contributed by atoms with Gasteiger partial charge in [-0.15, -0.1) is 0 Å². The molecule has 2 rings (SSSR count). The molecule has 2 aromatic rings. The maximum Gasteiger partial charge on any atom is 0.310 e. The Labute approximate surface area is 292 Å². The standard InChI is InChI=1S/C42H66O6/c1-11-41(7,8)35-25-31(23-33(29(3)4)39(35)45)27-37(43)47-21-19-17-15-13-14-16-18-20-22-48-38(44)28-32-24-34(30(5)6)40(46)36(26-32)42(9,10)12-2/h23-26,29-30,45-46H,11-22,27-28H2,1-10H3. The van der Waals surface area contributed by atoms with E-state index in [2.05, 4.69) is 69.2 Å². The lowest BCUT2D eigenvalue weighted by molar-refractivity contribution is -0.143. The van der Waals surface area contributed by atoms with E-state index in [4.69, 9.17) is 9.47 Å². The number of rotatable bonds is 21. The van der Waals surface area contributed by atoms with Crippen molar-refractivity contribution in [3.05, 3.63) is 57.6 Å². The first-order valence-electron chi connectivity index (χ1n) is 18.6. The molecule has 0 aliphatic rings. The van der Waals surface area contributed by atoms with Gasteiger partial charge in [0.2, 0.25) is 0 Å². The summed E-state index contributed by atoms with van der Waals surface area (Å²) in [6, 6.07) is 7.84. The van der Waals surface area contributed by atoms with Crippen molar-refractivity contribution >= 4 is 11.9 Å². The Morgan fingerprint density at radius 2 is 0.896 bits per heavy atom. The third-order valence-electron chi connectivity index (χ3n) is 10.1. The molecule has 0 saturated heterocycles. The second-order valence-corrected chi connectivity index (χ2v) is 15.6. The summed E-state index contributed by atoms with van der Waals surface area (Å²) in [6.45, 7) is 21.8. The molecule has 0 fully saturated rings. The molecule has 48 heavy (non-hydrogen) atoms. The van der Waals surface area contributed by atoms with Crippen LogP contribution in [0.4, 0.5) is 0 Å². The van der Waals surface area contributed by atoms with E-state index in [0.717, 1.165) is 97.6 Å². The molecule has 0 aliphatic heterocycles. The Morgan fingerprint density at radius 3 is 1.19 bits per heavy atom. The number of carbonyl (C=O) groups is 2. The molecule has 2 aromatic carbocycles. The van der Waals surface area contributed by atoms with E-state index in [1.54, 1.807) is 0 Å². The summed E-state index contributed by atoms with van der Waals surface area (Å²) in [5.74, 6) is 0.597. The highest BCUT2D eigenvalue weighted by molar-refractivity contribution is 5.73. The summed E-state index contributed by atoms with van der Waals surface area (Å²) < 4.78 is 11.1. The molecule has 0 aromatic heterocycles. The van der Waals surface area contributed by atoms with Gasteiger partial charge in [0.25, 0.3) is 0 Å². The summed E-state index contributed by atoms with van der Waals surface area (Å²) in [5.41, 5.74) is 5.01. The number of benzene rings is 2. The van der Waals surface area contributed by atoms with Crippen molar-refractivity contribution < 1.29 is 29.3 Å². The topological polar surface area (TPSA) is 93.1 Å². The second kappa shape index (κ2) is 19.2. The quantitative estimate of drug-likeness (QED) is 0.102. The van der Waals surface area contributed by atoms with Crippen molar-refractivity contribution in [3.63, 3.8) is 0 Å². The number of phenolic OH excluding ortho intramolecular Hbond substituents is 2. The number of carbonyl (C=O) groups excluding carboxylic acids is 2. The fourth-order valence-corrected chi connectivity index (χ4v) is 6.01. The van der Waals surface area contributed by atoms with Crippen LogP contribution in [0.25, 0.3) is 0 Å². The molecule has 6 heteroatoms. The minimum Gasteiger partial charge on any atom is -0.507 e. The molecule has 0 amide bonds. The first-order chi connectivity index (χ1) is 22.5. The molecule has 0 spiro atoms. The van der Waals surface area contributed by atoms with Crippen LogP contribution in [0.5, 0.6) is 11.5 Å². The average Bonchev–Trinajstić information content (AvgIpc) is 3.02. The third kappa shape index (κ3) is 12.5. The first kappa shape index (κ1) is 41.2. The van der Waals surface area contributed by atoms with Gasteiger partial charge in [0.15, 0.2) is 0 Å². The molecule has 0 heterocycles. The van der Waals surface area contributed by atoms with Crippen molar-refractivity contribution in [3.8, 4) is 11.5 Å². The second-order valence-electron chi connectivity index (χ2n) is 15.6. The van der Waals surface area contributed by atoms with Crippen LogP contribution in [0, 0.1) is 0 Å². The monoisotopic (exact) mass is 666 g/mol. The average molecular weight is 667 g/mol. The Balaban J connectivity index is 1.63. The Morgan fingerprint density at radius 1 is 0.583 bits per heavy atom. The largest absolute Gasteiger partial charge is 0.507 e. The van der Waals surface area contributed by atoms with E-state index in [0.29, 0.717) is 24.7 Å². The van der Waals surface area contributed by atoms with Gasteiger partial charge < -0.3 is 19.7 Å². The van der Waals surface area contributed by atoms with Gasteiger partial charge in [-0.3, -0.25) is 9.59 Å². The maximum atomic E-state index is 12.6. The van der Waals surface area contributed by atoms with Gasteiger partial charge in [0.05, 0.1) is 26.1 Å². The summed E-state index contributed by atoms with van der Waals surface area (Å²) in [7, 11) is 0. The normalized spacial score (nSPS) is 12.2. The Bertz CT molecular complexity index is 1220. The number of unbranched alkanes of at least 4 members (excludes halogenated alkanes) is 7. The summed E-state index contributed by atoms with van der Waals surface area (Å²) in [5, 5.41) is 21.8. The molecule has 6 nitrogen and oxygen atoms in total. The lowest BCUT2D eigenvalue weighted by Gasteiger charge is -2.27. The highest BCUT2D eigenvalue weighted by Gasteiger charge is 2.27. The summed E-state index contributed by atoms with van der Waals surface area (Å²) >= 11 is 0. The zero-order valence-electron chi connectivity index (χ0n) is 31.9. The summed E-state index contributed by atoms with van der Waals surface area (Å²) in [4.78, 5) is 25.2. The zero-order valence-corrected chi connectivity index (χ0v) is 31.9. The SMILES string of the molecule is CCC(C)(C)c1cc(CC(=O)OCCCCCCCCCCOC(=O)Cc2cc(C(C)C)c(O)c(C(C)(C)CC)c2)cc(C(C)C)c1O. The molecular formula is C42H66O6. The molecule has 0 bridgehead atoms. The lowest BCUT2D eigenvalue weighted by atomic mass is 9.78. The third-order valence-corrected chi connectivity index (χ3v) is 10.1. The van der Waals surface area contributed by atoms with Gasteiger partial charge in [-0.25, -0.2) is 0 Å². The first-order valence-corrected chi connectivity index (χ1v) is 18.6. The minimum absolute atomic E-state index is 0.165. The van der Waals surface area contributed by atoms with E-state index in [1.165, 1.54) is 0 Å². The lowest BCUT2D eigenvalue weighted by Crippen LogP contribution is -2.18. The van der Waals surface area contributed by atoms with E-state index < -0.39 is 0 Å². The molecule has 0 unspecified atom stereocenters. The number of hydrogen-bond acceptors (Lipinski definition) is 6. The number of aromatic hydroxyl groups is 2. The van der Waals surface area contributed by atoms with Crippen molar-refractivity contribution in [2.24, 2.45) is 0 Å². The van der Waals surface area contributed by atoms with E-state index >= 15 is 0 Å². The number of phenols is 2. The minimum atomic E-state index is -0.218. The van der Waals surface area contributed by atoms with Crippen LogP contribution in [0.15, 0.2) is 24.3 Å². The molecule has 0 aliphatic carbocycles. The van der Waals surface area contributed by atoms with E-state index in [9.17, 15) is 19.8 Å². The van der Waals surface area contributed by atoms with Crippen molar-refractivity contribution in [2.75, 3.05) is 13.2 Å². The summed E-state index contributed by atoms with van der Waals surface area (Å²) in [6.07, 6.45) is 10.5. The van der Waals surface area contributed by atoms with Gasteiger partial charge in [-0.1, -0.05) is 132 Å². The van der Waals surface area contributed by atoms with Crippen molar-refractivity contribution in [2.45, 2.75) is 169 Å². The molecule has 0 saturated carbocycles. The fraction of sp³-hybridized carbons (Fsp3) is 0.667. The number of esters is 2. The Kier molecular flexibility index (Phi) is 16.5. The van der Waals surface area contributed by atoms with Crippen LogP contribution < -0.4 is 0 Å². The molecule has 2 N–H and O–H groups in total. The van der Waals surface area contributed by atoms with Crippen LogP contribution in [0.1, 0.15) is 179 Å². The van der Waals surface area contributed by atoms with Gasteiger partial charge in [-0.2, -0.15) is 0 Å². The van der Waals surface area contributed by atoms with E-state index in [1.807, 2.05) is 24.3 Å². The smallest absolute Gasteiger partial charge is 0.310 e. The molecule has 270 valence electrons. The predicted molar refractivity (Wildman–Crippen MR) is 197 cm³/mol. The molecular weight excluding hydrogens is 600 g/mol. The van der Waals surface area contributed by atoms with E-state index in [-0.39, 0.29) is 47.4 Å². The molecule has 0 radical (unpaired) electrons. The maximum absolute atomic E-state index is 12.6. The fourth-order valence-electron chi connectivity index (χ4n) is 6.01. The van der Waals surface area contributed by atoms with Gasteiger partial charge in [0.1, 0.15) is 11.5 Å². The Hall–Kier alpha value is -3.02. The van der Waals surface area contributed by atoms with Crippen LogP contribution in [0.2, 0.25) is 0 Å². The number of ether oxygens (including phenoxy) is 2.